The number of hydrogen-bond acceptors (Lipinski definition) is 2. The van der Waals surface area contributed by atoms with Crippen LogP contribution in [0.2, 0.25) is 0 Å². The Morgan fingerprint density at radius 2 is 2.25 bits per heavy atom. The lowest BCUT2D eigenvalue weighted by atomic mass is 9.82. The molecule has 1 atom stereocenters. The molecule has 1 unspecified atom stereocenters. The summed E-state index contributed by atoms with van der Waals surface area (Å²) >= 11 is 0. The lowest BCUT2D eigenvalue weighted by Crippen LogP contribution is -2.21. The molecule has 3 N–H and O–H groups in total. The van der Waals surface area contributed by atoms with E-state index >= 15 is 0 Å². The zero-order valence-electron chi connectivity index (χ0n) is 9.51. The number of allylic oxidation sites excluding steroid dienone is 1. The number of rotatable bonds is 6. The van der Waals surface area contributed by atoms with Crippen molar-refractivity contribution in [2.75, 3.05) is 0 Å². The molecule has 2 nitrogen and oxygen atoms in total. The highest BCUT2D eigenvalue weighted by Gasteiger charge is 2.48. The van der Waals surface area contributed by atoms with Crippen molar-refractivity contribution in [3.05, 3.63) is 23.3 Å². The second kappa shape index (κ2) is 4.50. The van der Waals surface area contributed by atoms with Gasteiger partial charge in [-0.15, -0.1) is 0 Å². The summed E-state index contributed by atoms with van der Waals surface area (Å²) in [7, 11) is 0. The first kappa shape index (κ1) is 11.5. The van der Waals surface area contributed by atoms with Crippen LogP contribution >= 0.6 is 0 Å². The van der Waals surface area contributed by atoms with Crippen LogP contribution in [-0.2, 0) is 0 Å². The van der Waals surface area contributed by atoms with Crippen molar-refractivity contribution in [3.8, 4) is 0 Å². The van der Waals surface area contributed by atoms with E-state index in [2.05, 4.69) is 0 Å². The van der Waals surface area contributed by atoms with Crippen molar-refractivity contribution in [1.29, 1.82) is 5.41 Å². The van der Waals surface area contributed by atoms with Crippen molar-refractivity contribution < 1.29 is 4.39 Å². The Morgan fingerprint density at radius 3 is 2.81 bits per heavy atom. The average molecular weight is 222 g/mol. The Bertz CT molecular complexity index is 338. The minimum atomic E-state index is -1.67. The highest BCUT2D eigenvalue weighted by Crippen LogP contribution is 2.47. The Hall–Kier alpha value is -0.960. The maximum atomic E-state index is 13.6. The fourth-order valence-electron chi connectivity index (χ4n) is 2.38. The third-order valence-corrected chi connectivity index (χ3v) is 3.72. The molecule has 0 aliphatic heterocycles. The van der Waals surface area contributed by atoms with E-state index in [0.29, 0.717) is 5.57 Å². The zero-order chi connectivity index (χ0) is 11.6. The topological polar surface area (TPSA) is 49.9 Å². The van der Waals surface area contributed by atoms with Gasteiger partial charge in [0.05, 0.1) is 0 Å². The highest BCUT2D eigenvalue weighted by molar-refractivity contribution is 5.71. The standard InChI is InChI=1S/C13H19FN2/c14-13(16)11(12(13)8-3-9-15)7-2-6-10-4-1-5-10/h3,8-10,15H,1-2,4-7,16H2/b8-3-,15-9?. The molecule has 0 aromatic carbocycles. The van der Waals surface area contributed by atoms with Crippen LogP contribution in [0.1, 0.15) is 38.5 Å². The van der Waals surface area contributed by atoms with Crippen molar-refractivity contribution in [2.45, 2.75) is 44.3 Å². The quantitative estimate of drug-likeness (QED) is 0.526. The SMILES string of the molecule is N=C/C=C\C1=C(CCCC2CCC2)C1(N)F. The van der Waals surface area contributed by atoms with Crippen molar-refractivity contribution in [1.82, 2.24) is 0 Å². The van der Waals surface area contributed by atoms with Gasteiger partial charge in [0.1, 0.15) is 0 Å². The van der Waals surface area contributed by atoms with Crippen molar-refractivity contribution in [2.24, 2.45) is 11.7 Å². The molecule has 0 spiro atoms. The van der Waals surface area contributed by atoms with Crippen LogP contribution in [-0.4, -0.2) is 12.0 Å². The predicted octanol–water partition coefficient (Wildman–Crippen LogP) is 3.10. The van der Waals surface area contributed by atoms with Crippen molar-refractivity contribution in [3.63, 3.8) is 0 Å². The van der Waals surface area contributed by atoms with E-state index in [1.54, 1.807) is 6.08 Å². The maximum Gasteiger partial charge on any atom is 0.207 e. The molecule has 88 valence electrons. The Labute approximate surface area is 95.9 Å². The molecule has 2 rings (SSSR count). The van der Waals surface area contributed by atoms with Gasteiger partial charge in [0.15, 0.2) is 0 Å². The molecule has 0 heterocycles. The van der Waals surface area contributed by atoms with Crippen LogP contribution in [0.15, 0.2) is 23.3 Å². The van der Waals surface area contributed by atoms with E-state index in [0.717, 1.165) is 30.5 Å². The van der Waals surface area contributed by atoms with E-state index in [1.165, 1.54) is 31.8 Å². The fourth-order valence-corrected chi connectivity index (χ4v) is 2.38. The minimum absolute atomic E-state index is 0.588. The fraction of sp³-hybridized carbons (Fsp3) is 0.615. The monoisotopic (exact) mass is 222 g/mol. The second-order valence-electron chi connectivity index (χ2n) is 4.82. The number of nitrogens with two attached hydrogens (primary N) is 1. The Kier molecular flexibility index (Phi) is 3.24. The van der Waals surface area contributed by atoms with Crippen LogP contribution in [0.25, 0.3) is 0 Å². The van der Waals surface area contributed by atoms with E-state index < -0.39 is 5.79 Å². The third-order valence-electron chi connectivity index (χ3n) is 3.72. The summed E-state index contributed by atoms with van der Waals surface area (Å²) in [4.78, 5) is 0. The largest absolute Gasteiger partial charge is 0.309 e. The lowest BCUT2D eigenvalue weighted by Gasteiger charge is -2.24. The van der Waals surface area contributed by atoms with E-state index in [4.69, 9.17) is 11.1 Å². The molecule has 0 saturated heterocycles. The predicted molar refractivity (Wildman–Crippen MR) is 64.2 cm³/mol. The Morgan fingerprint density at radius 1 is 1.50 bits per heavy atom. The summed E-state index contributed by atoms with van der Waals surface area (Å²) in [5, 5.41) is 6.85. The summed E-state index contributed by atoms with van der Waals surface area (Å²) in [6.45, 7) is 0. The smallest absolute Gasteiger partial charge is 0.207 e. The van der Waals surface area contributed by atoms with Gasteiger partial charge >= 0.3 is 0 Å². The summed E-state index contributed by atoms with van der Waals surface area (Å²) in [6.07, 6.45) is 11.4. The van der Waals surface area contributed by atoms with Gasteiger partial charge in [0, 0.05) is 11.8 Å². The third kappa shape index (κ3) is 2.24. The summed E-state index contributed by atoms with van der Waals surface area (Å²) in [6, 6.07) is 0. The molecule has 0 aromatic rings. The van der Waals surface area contributed by atoms with Gasteiger partial charge in [-0.2, -0.15) is 0 Å². The molecule has 2 aliphatic rings. The maximum absolute atomic E-state index is 13.6. The molecule has 1 fully saturated rings. The number of alkyl halides is 1. The lowest BCUT2D eigenvalue weighted by molar-refractivity contribution is 0.286. The molecule has 1 saturated carbocycles. The highest BCUT2D eigenvalue weighted by atomic mass is 19.1. The molecule has 2 aliphatic carbocycles. The van der Waals surface area contributed by atoms with Crippen LogP contribution < -0.4 is 5.73 Å². The molecular weight excluding hydrogens is 203 g/mol. The zero-order valence-corrected chi connectivity index (χ0v) is 9.51. The van der Waals surface area contributed by atoms with Gasteiger partial charge in [0.25, 0.3) is 0 Å². The van der Waals surface area contributed by atoms with Crippen molar-refractivity contribution >= 4 is 6.21 Å². The van der Waals surface area contributed by atoms with Crippen LogP contribution in [0.4, 0.5) is 4.39 Å². The Balaban J connectivity index is 1.77. The van der Waals surface area contributed by atoms with Crippen LogP contribution in [0.3, 0.4) is 0 Å². The van der Waals surface area contributed by atoms with E-state index in [-0.39, 0.29) is 0 Å². The first-order valence-corrected chi connectivity index (χ1v) is 6.05. The second-order valence-corrected chi connectivity index (χ2v) is 4.82. The molecule has 0 amide bonds. The normalized spacial score (nSPS) is 29.6. The summed E-state index contributed by atoms with van der Waals surface area (Å²) < 4.78 is 13.6. The number of nitrogens with one attached hydrogen (secondary N) is 1. The first-order valence-electron chi connectivity index (χ1n) is 6.05. The number of halogens is 1. The van der Waals surface area contributed by atoms with Crippen LogP contribution in [0.5, 0.6) is 0 Å². The molecular formula is C13H19FN2. The molecule has 0 radical (unpaired) electrons. The van der Waals surface area contributed by atoms with Gasteiger partial charge in [-0.1, -0.05) is 31.8 Å². The van der Waals surface area contributed by atoms with Crippen LogP contribution in [0, 0.1) is 11.3 Å². The van der Waals surface area contributed by atoms with Gasteiger partial charge in [-0.3, -0.25) is 5.73 Å². The number of hydrogen-bond donors (Lipinski definition) is 2. The van der Waals surface area contributed by atoms with Gasteiger partial charge < -0.3 is 5.41 Å². The molecule has 3 heteroatoms. The molecule has 16 heavy (non-hydrogen) atoms. The molecule has 0 bridgehead atoms. The van der Waals surface area contributed by atoms with Gasteiger partial charge in [0.2, 0.25) is 5.79 Å². The minimum Gasteiger partial charge on any atom is -0.309 e. The van der Waals surface area contributed by atoms with E-state index in [1.807, 2.05) is 0 Å². The summed E-state index contributed by atoms with van der Waals surface area (Å²) in [5.74, 6) is -0.786. The molecule has 0 aromatic heterocycles. The van der Waals surface area contributed by atoms with Gasteiger partial charge in [-0.05, 0) is 30.4 Å². The average Bonchev–Trinajstić information content (AvgIpc) is 2.69. The van der Waals surface area contributed by atoms with E-state index in [9.17, 15) is 4.39 Å². The van der Waals surface area contributed by atoms with Gasteiger partial charge in [-0.25, -0.2) is 4.39 Å². The first-order chi connectivity index (χ1) is 7.66. The summed E-state index contributed by atoms with van der Waals surface area (Å²) in [5.41, 5.74) is 6.82.